The lowest BCUT2D eigenvalue weighted by molar-refractivity contribution is -0.137. The summed E-state index contributed by atoms with van der Waals surface area (Å²) >= 11 is 6.78. The third kappa shape index (κ3) is 5.17. The fraction of sp³-hybridized carbons (Fsp3) is 0.333. The Kier molecular flexibility index (Phi) is 6.64. The number of carbonyl (C=O) groups is 1. The minimum absolute atomic E-state index is 0.00252. The number of aliphatic carboxylic acids is 1. The van der Waals surface area contributed by atoms with E-state index in [1.54, 1.807) is 19.2 Å². The number of methoxy groups -OCH3 is 1. The van der Waals surface area contributed by atoms with Crippen molar-refractivity contribution < 1.29 is 24.1 Å². The van der Waals surface area contributed by atoms with Crippen LogP contribution in [0.3, 0.4) is 0 Å². The number of nitrogens with zero attached hydrogens (tertiary/aromatic N) is 4. The molecule has 0 spiro atoms. The number of aromatic nitrogens is 4. The maximum atomic E-state index is 10.9. The number of fused-ring (bicyclic) bond motifs is 1. The lowest BCUT2D eigenvalue weighted by Gasteiger charge is -2.15. The molecule has 192 valence electrons. The third-order valence-corrected chi connectivity index (χ3v) is 6.73. The van der Waals surface area contributed by atoms with E-state index in [9.17, 15) is 4.79 Å². The molecule has 37 heavy (non-hydrogen) atoms. The van der Waals surface area contributed by atoms with Crippen LogP contribution in [0.1, 0.15) is 37.3 Å². The first kappa shape index (κ1) is 24.8. The Hall–Kier alpha value is -3.85. The van der Waals surface area contributed by atoms with E-state index in [4.69, 9.17) is 35.9 Å². The molecule has 2 aromatic heterocycles. The topological polar surface area (TPSA) is 109 Å². The van der Waals surface area contributed by atoms with E-state index in [1.807, 2.05) is 36.6 Å². The van der Waals surface area contributed by atoms with Gasteiger partial charge in [0.05, 0.1) is 31.7 Å². The molecule has 0 amide bonds. The predicted octanol–water partition coefficient (Wildman–Crippen LogP) is 5.30. The zero-order valence-electron chi connectivity index (χ0n) is 20.8. The Morgan fingerprint density at radius 2 is 2.00 bits per heavy atom. The van der Waals surface area contributed by atoms with Gasteiger partial charge in [-0.05, 0) is 44.9 Å². The molecule has 0 bridgehead atoms. The molecule has 4 aromatic rings. The molecule has 9 nitrogen and oxygen atoms in total. The second kappa shape index (κ2) is 9.89. The number of carboxylic acids is 1. The van der Waals surface area contributed by atoms with Gasteiger partial charge in [-0.25, -0.2) is 9.97 Å². The van der Waals surface area contributed by atoms with Gasteiger partial charge in [0.25, 0.3) is 0 Å². The molecule has 0 radical (unpaired) electrons. The minimum atomic E-state index is -0.948. The van der Waals surface area contributed by atoms with Crippen molar-refractivity contribution in [2.75, 3.05) is 13.7 Å². The highest BCUT2D eigenvalue weighted by Crippen LogP contribution is 2.42. The van der Waals surface area contributed by atoms with Gasteiger partial charge in [0.2, 0.25) is 5.88 Å². The van der Waals surface area contributed by atoms with Crippen molar-refractivity contribution in [2.24, 2.45) is 0 Å². The fourth-order valence-electron chi connectivity index (χ4n) is 4.10. The van der Waals surface area contributed by atoms with Crippen LogP contribution < -0.4 is 14.2 Å². The summed E-state index contributed by atoms with van der Waals surface area (Å²) in [5, 5.41) is 9.29. The molecule has 1 saturated carbocycles. The Labute approximate surface area is 219 Å². The van der Waals surface area contributed by atoms with Crippen molar-refractivity contribution in [1.82, 2.24) is 19.5 Å². The van der Waals surface area contributed by atoms with Gasteiger partial charge in [0.1, 0.15) is 29.3 Å². The third-order valence-electron chi connectivity index (χ3n) is 6.34. The molecule has 0 unspecified atom stereocenters. The molecule has 10 heteroatoms. The Balaban J connectivity index is 1.65. The van der Waals surface area contributed by atoms with Crippen LogP contribution in [0.5, 0.6) is 17.4 Å². The van der Waals surface area contributed by atoms with Crippen molar-refractivity contribution >= 4 is 28.7 Å². The molecule has 1 aliphatic rings. The first-order valence-electron chi connectivity index (χ1n) is 12.0. The number of hydrogen-bond donors (Lipinski definition) is 1. The molecule has 2 heterocycles. The van der Waals surface area contributed by atoms with Gasteiger partial charge in [-0.3, -0.25) is 4.79 Å². The van der Waals surface area contributed by atoms with Crippen LogP contribution in [-0.2, 0) is 11.3 Å². The lowest BCUT2D eigenvalue weighted by atomic mass is 10.1. The van der Waals surface area contributed by atoms with Crippen LogP contribution in [0.2, 0.25) is 5.02 Å². The molecule has 0 atom stereocenters. The maximum absolute atomic E-state index is 10.9. The largest absolute Gasteiger partial charge is 0.496 e. The highest BCUT2D eigenvalue weighted by molar-refractivity contribution is 6.34. The van der Waals surface area contributed by atoms with Crippen molar-refractivity contribution in [3.63, 3.8) is 0 Å². The van der Waals surface area contributed by atoms with Crippen LogP contribution in [0.4, 0.5) is 0 Å². The van der Waals surface area contributed by atoms with Crippen LogP contribution >= 0.6 is 11.6 Å². The molecule has 5 rings (SSSR count). The van der Waals surface area contributed by atoms with Gasteiger partial charge in [-0.1, -0.05) is 35.4 Å². The van der Waals surface area contributed by atoms with Crippen molar-refractivity contribution in [3.05, 3.63) is 58.9 Å². The summed E-state index contributed by atoms with van der Waals surface area (Å²) in [5.41, 5.74) is 3.53. The number of carboxylic acid groups (broad SMARTS) is 1. The van der Waals surface area contributed by atoms with Crippen molar-refractivity contribution in [3.8, 4) is 28.8 Å². The summed E-state index contributed by atoms with van der Waals surface area (Å²) in [6.45, 7) is 4.47. The zero-order chi connectivity index (χ0) is 26.2. The van der Waals surface area contributed by atoms with Gasteiger partial charge in [0, 0.05) is 11.1 Å². The highest BCUT2D eigenvalue weighted by atomic mass is 35.5. The number of imidazole rings is 1. The molecular formula is C27H27ClN4O5. The monoisotopic (exact) mass is 522 g/mol. The zero-order valence-corrected chi connectivity index (χ0v) is 21.6. The number of benzene rings is 2. The summed E-state index contributed by atoms with van der Waals surface area (Å²) in [5.74, 6) is 1.15. The molecule has 1 fully saturated rings. The molecule has 0 aliphatic heterocycles. The van der Waals surface area contributed by atoms with E-state index in [0.29, 0.717) is 45.7 Å². The number of ether oxygens (including phenoxy) is 3. The van der Waals surface area contributed by atoms with E-state index >= 15 is 0 Å². The average Bonchev–Trinajstić information content (AvgIpc) is 3.48. The predicted molar refractivity (Wildman–Crippen MR) is 139 cm³/mol. The van der Waals surface area contributed by atoms with Crippen molar-refractivity contribution in [2.45, 2.75) is 45.3 Å². The van der Waals surface area contributed by atoms with E-state index < -0.39 is 5.97 Å². The Morgan fingerprint density at radius 1 is 1.19 bits per heavy atom. The summed E-state index contributed by atoms with van der Waals surface area (Å²) in [7, 11) is 1.64. The summed E-state index contributed by atoms with van der Waals surface area (Å²) in [4.78, 5) is 24.8. The maximum Gasteiger partial charge on any atom is 0.306 e. The van der Waals surface area contributed by atoms with Crippen LogP contribution in [0.15, 0.2) is 42.7 Å². The number of rotatable bonds is 10. The number of hydrogen-bond acceptors (Lipinski definition) is 7. The molecule has 2 aromatic carbocycles. The van der Waals surface area contributed by atoms with Gasteiger partial charge < -0.3 is 23.9 Å². The van der Waals surface area contributed by atoms with E-state index in [2.05, 4.69) is 16.0 Å². The van der Waals surface area contributed by atoms with E-state index in [0.717, 1.165) is 29.7 Å². The summed E-state index contributed by atoms with van der Waals surface area (Å²) < 4.78 is 19.5. The summed E-state index contributed by atoms with van der Waals surface area (Å²) in [6, 6.07) is 11.3. The van der Waals surface area contributed by atoms with Gasteiger partial charge in [0.15, 0.2) is 11.2 Å². The van der Waals surface area contributed by atoms with Gasteiger partial charge in [-0.2, -0.15) is 4.98 Å². The summed E-state index contributed by atoms with van der Waals surface area (Å²) in [6.07, 6.45) is 3.25. The van der Waals surface area contributed by atoms with E-state index in [1.165, 1.54) is 6.33 Å². The first-order chi connectivity index (χ1) is 17.8. The van der Waals surface area contributed by atoms with Crippen LogP contribution in [0, 0.1) is 6.92 Å². The molecule has 1 aliphatic carbocycles. The SMILES string of the molecule is COc1ccc(C)cc1Cn1c(-c2cccc(OCCC(=O)O)c2Cl)nc2c(OC3(C)CC3)ncnc21. The van der Waals surface area contributed by atoms with Gasteiger partial charge >= 0.3 is 5.97 Å². The number of aryl methyl sites for hydroxylation is 1. The standard InChI is InChI=1S/C27H27ClN4O5/c1-16-7-8-19(35-3)17(13-16)14-32-24(18-5-4-6-20(22(18)28)36-12-9-21(33)34)31-23-25(32)29-15-30-26(23)37-27(2)10-11-27/h4-8,13,15H,9-12,14H2,1-3H3,(H,33,34). The van der Waals surface area contributed by atoms with Crippen LogP contribution in [-0.4, -0.2) is 49.9 Å². The Bertz CT molecular complexity index is 1480. The first-order valence-corrected chi connectivity index (χ1v) is 12.3. The molecule has 0 saturated heterocycles. The second-order valence-corrected chi connectivity index (χ2v) is 9.73. The average molecular weight is 523 g/mol. The quantitative estimate of drug-likeness (QED) is 0.299. The Morgan fingerprint density at radius 3 is 2.73 bits per heavy atom. The van der Waals surface area contributed by atoms with E-state index in [-0.39, 0.29) is 18.6 Å². The van der Waals surface area contributed by atoms with Gasteiger partial charge in [-0.15, -0.1) is 0 Å². The molecule has 1 N–H and O–H groups in total. The fourth-order valence-corrected chi connectivity index (χ4v) is 4.37. The highest BCUT2D eigenvalue weighted by Gasteiger charge is 2.41. The second-order valence-electron chi connectivity index (χ2n) is 9.35. The number of halogens is 1. The lowest BCUT2D eigenvalue weighted by Crippen LogP contribution is -2.13. The smallest absolute Gasteiger partial charge is 0.306 e. The molecular weight excluding hydrogens is 496 g/mol. The minimum Gasteiger partial charge on any atom is -0.496 e. The normalized spacial score (nSPS) is 13.9. The van der Waals surface area contributed by atoms with Crippen LogP contribution in [0.25, 0.3) is 22.6 Å². The van der Waals surface area contributed by atoms with Crippen molar-refractivity contribution in [1.29, 1.82) is 0 Å².